The molecule has 7 nitrogen and oxygen atoms in total. The highest BCUT2D eigenvalue weighted by Crippen LogP contribution is 2.30. The van der Waals surface area contributed by atoms with Gasteiger partial charge in [-0.1, -0.05) is 23.7 Å². The van der Waals surface area contributed by atoms with Gasteiger partial charge >= 0.3 is 5.69 Å². The van der Waals surface area contributed by atoms with E-state index in [-0.39, 0.29) is 18.0 Å². The summed E-state index contributed by atoms with van der Waals surface area (Å²) in [6, 6.07) is 4.10. The van der Waals surface area contributed by atoms with Gasteiger partial charge in [0.1, 0.15) is 0 Å². The van der Waals surface area contributed by atoms with Crippen molar-refractivity contribution >= 4 is 17.3 Å². The molecular weight excluding hydrogens is 286 g/mol. The zero-order valence-corrected chi connectivity index (χ0v) is 11.5. The first-order chi connectivity index (χ1) is 9.60. The summed E-state index contributed by atoms with van der Waals surface area (Å²) in [7, 11) is 0. The van der Waals surface area contributed by atoms with Crippen LogP contribution in [-0.4, -0.2) is 15.1 Å². The van der Waals surface area contributed by atoms with E-state index < -0.39 is 4.92 Å². The van der Waals surface area contributed by atoms with E-state index in [2.05, 4.69) is 10.1 Å². The molecule has 0 aliphatic carbocycles. The molecule has 0 amide bonds. The van der Waals surface area contributed by atoms with Crippen LogP contribution < -0.4 is 4.74 Å². The number of ether oxygens (including phenoxy) is 1. The fourth-order valence-corrected chi connectivity index (χ4v) is 1.72. The lowest BCUT2D eigenvalue weighted by Crippen LogP contribution is -2.00. The fraction of sp³-hybridized carbons (Fsp3) is 0.333. The van der Waals surface area contributed by atoms with E-state index in [1.807, 2.05) is 6.92 Å². The third kappa shape index (κ3) is 3.45. The first-order valence-electron chi connectivity index (χ1n) is 5.98. The highest BCUT2D eigenvalue weighted by atomic mass is 35.5. The number of nitro groups is 1. The van der Waals surface area contributed by atoms with Gasteiger partial charge in [0.25, 0.3) is 0 Å². The number of hydrogen-bond acceptors (Lipinski definition) is 6. The number of aromatic nitrogens is 2. The Bertz CT molecular complexity index is 614. The molecule has 0 fully saturated rings. The molecule has 20 heavy (non-hydrogen) atoms. The van der Waals surface area contributed by atoms with Gasteiger partial charge in [0, 0.05) is 23.6 Å². The molecule has 2 aromatic rings. The third-order valence-corrected chi connectivity index (χ3v) is 2.68. The van der Waals surface area contributed by atoms with Gasteiger partial charge in [0.2, 0.25) is 11.7 Å². The summed E-state index contributed by atoms with van der Waals surface area (Å²) < 4.78 is 10.3. The molecular formula is C12H12ClN3O4. The predicted molar refractivity (Wildman–Crippen MR) is 70.7 cm³/mol. The summed E-state index contributed by atoms with van der Waals surface area (Å²) in [5.74, 6) is 0.929. The Labute approximate surface area is 119 Å². The molecule has 2 rings (SSSR count). The van der Waals surface area contributed by atoms with Crippen LogP contribution in [0.2, 0.25) is 5.02 Å². The summed E-state index contributed by atoms with van der Waals surface area (Å²) in [4.78, 5) is 14.4. The number of nitro benzene ring substituents is 1. The number of halogens is 1. The first kappa shape index (κ1) is 14.3. The lowest BCUT2D eigenvalue weighted by atomic mass is 10.3. The van der Waals surface area contributed by atoms with Crippen molar-refractivity contribution in [1.29, 1.82) is 0 Å². The van der Waals surface area contributed by atoms with Gasteiger partial charge in [-0.15, -0.1) is 0 Å². The van der Waals surface area contributed by atoms with Gasteiger partial charge in [0.15, 0.2) is 12.4 Å². The second-order valence-corrected chi connectivity index (χ2v) is 4.45. The lowest BCUT2D eigenvalue weighted by molar-refractivity contribution is -0.385. The van der Waals surface area contributed by atoms with Gasteiger partial charge in [-0.2, -0.15) is 4.98 Å². The van der Waals surface area contributed by atoms with E-state index in [9.17, 15) is 10.1 Å². The Morgan fingerprint density at radius 3 is 3.00 bits per heavy atom. The van der Waals surface area contributed by atoms with Crippen LogP contribution in [0.5, 0.6) is 5.75 Å². The van der Waals surface area contributed by atoms with Gasteiger partial charge < -0.3 is 9.26 Å². The Kier molecular flexibility index (Phi) is 4.52. The smallest absolute Gasteiger partial charge is 0.311 e. The first-order valence-corrected chi connectivity index (χ1v) is 6.36. The minimum atomic E-state index is -0.537. The molecule has 1 aromatic heterocycles. The molecule has 1 heterocycles. The van der Waals surface area contributed by atoms with Crippen molar-refractivity contribution in [3.8, 4) is 5.75 Å². The SMILES string of the molecule is CCCc1nc(COc2cc(Cl)ccc2[N+](=O)[O-])no1. The summed E-state index contributed by atoms with van der Waals surface area (Å²) in [6.07, 6.45) is 1.58. The molecule has 0 N–H and O–H groups in total. The van der Waals surface area contributed by atoms with Crippen LogP contribution in [0.3, 0.4) is 0 Å². The highest BCUT2D eigenvalue weighted by molar-refractivity contribution is 6.30. The van der Waals surface area contributed by atoms with E-state index >= 15 is 0 Å². The number of aryl methyl sites for hydroxylation is 1. The quantitative estimate of drug-likeness (QED) is 0.600. The van der Waals surface area contributed by atoms with Gasteiger partial charge in [-0.3, -0.25) is 10.1 Å². The van der Waals surface area contributed by atoms with E-state index in [1.54, 1.807) is 0 Å². The molecule has 0 radical (unpaired) electrons. The van der Waals surface area contributed by atoms with Crippen molar-refractivity contribution in [2.24, 2.45) is 0 Å². The molecule has 0 saturated heterocycles. The Morgan fingerprint density at radius 2 is 2.30 bits per heavy atom. The van der Waals surface area contributed by atoms with E-state index in [4.69, 9.17) is 20.9 Å². The predicted octanol–water partition coefficient (Wildman–Crippen LogP) is 3.16. The van der Waals surface area contributed by atoms with Crippen LogP contribution in [0.25, 0.3) is 0 Å². The second-order valence-electron chi connectivity index (χ2n) is 4.01. The molecule has 0 aliphatic heterocycles. The summed E-state index contributed by atoms with van der Waals surface area (Å²) in [6.45, 7) is 1.98. The molecule has 0 bridgehead atoms. The van der Waals surface area contributed by atoms with Crippen molar-refractivity contribution in [2.75, 3.05) is 0 Å². The molecule has 106 valence electrons. The average molecular weight is 298 g/mol. The maximum atomic E-state index is 10.9. The third-order valence-electron chi connectivity index (χ3n) is 2.45. The largest absolute Gasteiger partial charge is 0.478 e. The van der Waals surface area contributed by atoms with Crippen molar-refractivity contribution in [1.82, 2.24) is 10.1 Å². The summed E-state index contributed by atoms with van der Waals surface area (Å²) in [5, 5.41) is 15.0. The molecule has 0 aliphatic rings. The Morgan fingerprint density at radius 1 is 1.50 bits per heavy atom. The van der Waals surface area contributed by atoms with Crippen LogP contribution in [0.1, 0.15) is 25.1 Å². The monoisotopic (exact) mass is 297 g/mol. The molecule has 1 aromatic carbocycles. The molecule has 0 saturated carbocycles. The fourth-order valence-electron chi connectivity index (χ4n) is 1.56. The van der Waals surface area contributed by atoms with E-state index in [0.29, 0.717) is 23.2 Å². The molecule has 0 spiro atoms. The van der Waals surface area contributed by atoms with Gasteiger partial charge in [0.05, 0.1) is 4.92 Å². The number of hydrogen-bond donors (Lipinski definition) is 0. The van der Waals surface area contributed by atoms with Gasteiger partial charge in [-0.25, -0.2) is 0 Å². The van der Waals surface area contributed by atoms with E-state index in [0.717, 1.165) is 6.42 Å². The normalized spacial score (nSPS) is 10.5. The van der Waals surface area contributed by atoms with Crippen LogP contribution in [-0.2, 0) is 13.0 Å². The standard InChI is InChI=1S/C12H12ClN3O4/c1-2-3-12-14-11(15-20-12)7-19-10-6-8(13)4-5-9(10)16(17)18/h4-6H,2-3,7H2,1H3. The zero-order valence-electron chi connectivity index (χ0n) is 10.7. The minimum absolute atomic E-state index is 0.0194. The Balaban J connectivity index is 2.09. The summed E-state index contributed by atoms with van der Waals surface area (Å²) in [5.41, 5.74) is -0.160. The number of rotatable bonds is 6. The topological polar surface area (TPSA) is 91.3 Å². The summed E-state index contributed by atoms with van der Waals surface area (Å²) >= 11 is 5.80. The number of nitrogens with zero attached hydrogens (tertiary/aromatic N) is 3. The van der Waals surface area contributed by atoms with Crippen LogP contribution in [0.15, 0.2) is 22.7 Å². The molecule has 8 heteroatoms. The van der Waals surface area contributed by atoms with Crippen molar-refractivity contribution in [2.45, 2.75) is 26.4 Å². The van der Waals surface area contributed by atoms with Crippen molar-refractivity contribution in [3.63, 3.8) is 0 Å². The highest BCUT2D eigenvalue weighted by Gasteiger charge is 2.16. The van der Waals surface area contributed by atoms with Crippen molar-refractivity contribution in [3.05, 3.63) is 45.1 Å². The zero-order chi connectivity index (χ0) is 14.5. The average Bonchev–Trinajstić information content (AvgIpc) is 2.84. The van der Waals surface area contributed by atoms with Crippen LogP contribution in [0.4, 0.5) is 5.69 Å². The van der Waals surface area contributed by atoms with Crippen LogP contribution in [0, 0.1) is 10.1 Å². The van der Waals surface area contributed by atoms with Crippen molar-refractivity contribution < 1.29 is 14.2 Å². The molecule has 0 unspecified atom stereocenters. The van der Waals surface area contributed by atoms with E-state index in [1.165, 1.54) is 18.2 Å². The maximum Gasteiger partial charge on any atom is 0.311 e. The minimum Gasteiger partial charge on any atom is -0.478 e. The second kappa shape index (κ2) is 6.33. The Hall–Kier alpha value is -2.15. The number of benzene rings is 1. The van der Waals surface area contributed by atoms with Crippen LogP contribution >= 0.6 is 11.6 Å². The molecule has 0 atom stereocenters. The lowest BCUT2D eigenvalue weighted by Gasteiger charge is -2.04. The van der Waals surface area contributed by atoms with Gasteiger partial charge in [-0.05, 0) is 12.5 Å². The maximum absolute atomic E-state index is 10.9.